The van der Waals surface area contributed by atoms with Crippen LogP contribution in [0.3, 0.4) is 0 Å². The summed E-state index contributed by atoms with van der Waals surface area (Å²) < 4.78 is 2.09. The largest absolute Gasteiger partial charge is 0.302 e. The Bertz CT molecular complexity index is 204. The van der Waals surface area contributed by atoms with Crippen LogP contribution in [0.5, 0.6) is 0 Å². The van der Waals surface area contributed by atoms with Crippen LogP contribution in [0.1, 0.15) is 13.8 Å². The molecule has 1 aliphatic heterocycles. The minimum atomic E-state index is 0.167. The Morgan fingerprint density at radius 2 is 2.27 bits per heavy atom. The molecule has 0 radical (unpaired) electrons. The lowest BCUT2D eigenvalue weighted by atomic mass is 10.0. The van der Waals surface area contributed by atoms with Crippen molar-refractivity contribution >= 4 is 15.7 Å². The zero-order valence-electron chi connectivity index (χ0n) is 6.95. The van der Waals surface area contributed by atoms with Crippen LogP contribution in [-0.2, 0) is 4.79 Å². The average Bonchev–Trinajstić information content (AvgIpc) is 2.38. The van der Waals surface area contributed by atoms with E-state index in [1.807, 2.05) is 0 Å². The van der Waals surface area contributed by atoms with Gasteiger partial charge in [-0.05, 0) is 17.3 Å². The highest BCUT2D eigenvalue weighted by molar-refractivity contribution is 7.13. The minimum absolute atomic E-state index is 0.167. The quantitative estimate of drug-likeness (QED) is 0.432. The van der Waals surface area contributed by atoms with Crippen molar-refractivity contribution in [1.29, 1.82) is 0 Å². The molecule has 62 valence electrons. The van der Waals surface area contributed by atoms with Gasteiger partial charge in [-0.1, -0.05) is 23.2 Å². The second-order valence-electron chi connectivity index (χ2n) is 4.28. The zero-order chi connectivity index (χ0) is 8.22. The van der Waals surface area contributed by atoms with Crippen molar-refractivity contribution < 1.29 is 4.79 Å². The van der Waals surface area contributed by atoms with Gasteiger partial charge in [-0.25, -0.2) is 0 Å². The highest BCUT2D eigenvalue weighted by Gasteiger charge is 2.65. The van der Waals surface area contributed by atoms with E-state index in [0.29, 0.717) is 11.3 Å². The third-order valence-electron chi connectivity index (χ3n) is 3.44. The Balaban J connectivity index is 2.16. The summed E-state index contributed by atoms with van der Waals surface area (Å²) in [5, 5.41) is 0. The van der Waals surface area contributed by atoms with Gasteiger partial charge < -0.3 is 4.79 Å². The summed E-state index contributed by atoms with van der Waals surface area (Å²) >= 11 is 0. The first-order valence-electron chi connectivity index (χ1n) is 4.05. The number of carbonyl (C=O) groups is 1. The second-order valence-corrected chi connectivity index (χ2v) is 4.94. The Morgan fingerprint density at radius 1 is 1.64 bits per heavy atom. The number of hydrogen-bond donors (Lipinski definition) is 0. The van der Waals surface area contributed by atoms with Crippen molar-refractivity contribution in [2.45, 2.75) is 19.9 Å². The fraction of sp³-hybridized carbons (Fsp3) is 0.875. The highest BCUT2D eigenvalue weighted by atomic mass is 31.0. The number of fused-ring (bicyclic) bond motifs is 1. The summed E-state index contributed by atoms with van der Waals surface area (Å²) in [6, 6.07) is 0.167. The lowest BCUT2D eigenvalue weighted by Gasteiger charge is -2.21. The zero-order valence-corrected chi connectivity index (χ0v) is 8.10. The number of rotatable bonds is 1. The Morgan fingerprint density at radius 3 is 2.64 bits per heavy atom. The molecule has 1 saturated carbocycles. The van der Waals surface area contributed by atoms with E-state index >= 15 is 0 Å². The Kier molecular flexibility index (Phi) is 1.44. The monoisotopic (exact) mass is 171 g/mol. The number of carbonyl (C=O) groups excluding carboxylic acids is 1. The van der Waals surface area contributed by atoms with Gasteiger partial charge in [0.05, 0.1) is 6.04 Å². The molecule has 0 N–H and O–H groups in total. The summed E-state index contributed by atoms with van der Waals surface area (Å²) in [7, 11) is 2.64. The number of aldehydes is 1. The molecule has 1 heterocycles. The maximum Gasteiger partial charge on any atom is 0.137 e. The third kappa shape index (κ3) is 0.830. The smallest absolute Gasteiger partial charge is 0.137 e. The molecule has 0 spiro atoms. The third-order valence-corrected chi connectivity index (χ3v) is 3.99. The molecule has 0 aromatic carbocycles. The van der Waals surface area contributed by atoms with E-state index in [-0.39, 0.29) is 6.04 Å². The SMILES string of the molecule is CC1(C)C2CN(P)C(C=O)C21. The van der Waals surface area contributed by atoms with Crippen LogP contribution in [0, 0.1) is 17.3 Å². The molecule has 0 amide bonds. The van der Waals surface area contributed by atoms with Crippen LogP contribution in [0.2, 0.25) is 0 Å². The van der Waals surface area contributed by atoms with Crippen LogP contribution < -0.4 is 0 Å². The predicted molar refractivity (Wildman–Crippen MR) is 47.0 cm³/mol. The molecule has 0 aromatic heterocycles. The summed E-state index contributed by atoms with van der Waals surface area (Å²) in [6.07, 6.45) is 1.09. The van der Waals surface area contributed by atoms with E-state index in [4.69, 9.17) is 0 Å². The van der Waals surface area contributed by atoms with Crippen LogP contribution in [0.4, 0.5) is 0 Å². The van der Waals surface area contributed by atoms with E-state index in [0.717, 1.165) is 18.7 Å². The van der Waals surface area contributed by atoms with Crippen LogP contribution in [0.25, 0.3) is 0 Å². The van der Waals surface area contributed by atoms with Gasteiger partial charge in [0.25, 0.3) is 0 Å². The fourth-order valence-electron chi connectivity index (χ4n) is 2.53. The van der Waals surface area contributed by atoms with Gasteiger partial charge in [-0.2, -0.15) is 0 Å². The molecule has 4 unspecified atom stereocenters. The molecule has 2 fully saturated rings. The van der Waals surface area contributed by atoms with Crippen molar-refractivity contribution in [3.63, 3.8) is 0 Å². The molecule has 2 nitrogen and oxygen atoms in total. The van der Waals surface area contributed by atoms with E-state index in [9.17, 15) is 4.79 Å². The van der Waals surface area contributed by atoms with Crippen LogP contribution >= 0.6 is 9.39 Å². The second kappa shape index (κ2) is 2.05. The summed E-state index contributed by atoms with van der Waals surface area (Å²) in [4.78, 5) is 10.7. The van der Waals surface area contributed by atoms with Gasteiger partial charge >= 0.3 is 0 Å². The normalized spacial score (nSPS) is 47.0. The molecule has 3 heteroatoms. The van der Waals surface area contributed by atoms with Crippen LogP contribution in [0.15, 0.2) is 0 Å². The minimum Gasteiger partial charge on any atom is -0.302 e. The first kappa shape index (κ1) is 7.70. The summed E-state index contributed by atoms with van der Waals surface area (Å²) in [6.45, 7) is 5.60. The first-order chi connectivity index (χ1) is 5.09. The van der Waals surface area contributed by atoms with E-state index in [2.05, 4.69) is 27.9 Å². The topological polar surface area (TPSA) is 20.3 Å². The van der Waals surface area contributed by atoms with Crippen molar-refractivity contribution in [1.82, 2.24) is 4.67 Å². The van der Waals surface area contributed by atoms with Gasteiger partial charge in [0.15, 0.2) is 0 Å². The first-order valence-corrected chi connectivity index (χ1v) is 4.57. The molecule has 2 rings (SSSR count). The number of piperidine rings is 1. The van der Waals surface area contributed by atoms with Gasteiger partial charge in [0.2, 0.25) is 0 Å². The molecule has 4 atom stereocenters. The predicted octanol–water partition coefficient (Wildman–Crippen LogP) is 0.932. The maximum absolute atomic E-state index is 10.7. The maximum atomic E-state index is 10.7. The molecule has 1 aliphatic carbocycles. The highest BCUT2D eigenvalue weighted by Crippen LogP contribution is 2.64. The van der Waals surface area contributed by atoms with E-state index in [1.54, 1.807) is 0 Å². The average molecular weight is 171 g/mol. The lowest BCUT2D eigenvalue weighted by Crippen LogP contribution is -2.29. The van der Waals surface area contributed by atoms with Gasteiger partial charge in [0.1, 0.15) is 6.29 Å². The van der Waals surface area contributed by atoms with Crippen molar-refractivity contribution in [2.24, 2.45) is 17.3 Å². The number of hydrogen-bond acceptors (Lipinski definition) is 2. The Hall–Kier alpha value is 0.0600. The molecule has 0 bridgehead atoms. The van der Waals surface area contributed by atoms with Gasteiger partial charge in [-0.3, -0.25) is 4.67 Å². The molecule has 0 aromatic rings. The van der Waals surface area contributed by atoms with E-state index < -0.39 is 0 Å². The van der Waals surface area contributed by atoms with E-state index in [1.165, 1.54) is 0 Å². The Labute approximate surface area is 69.6 Å². The number of nitrogens with zero attached hydrogens (tertiary/aromatic N) is 1. The molecule has 11 heavy (non-hydrogen) atoms. The lowest BCUT2D eigenvalue weighted by molar-refractivity contribution is -0.111. The summed E-state index contributed by atoms with van der Waals surface area (Å²) in [5.41, 5.74) is 0.429. The summed E-state index contributed by atoms with van der Waals surface area (Å²) in [5.74, 6) is 1.38. The molecular formula is C8H14NOP. The van der Waals surface area contributed by atoms with Crippen molar-refractivity contribution in [3.8, 4) is 0 Å². The molecule has 1 saturated heterocycles. The van der Waals surface area contributed by atoms with Crippen molar-refractivity contribution in [2.75, 3.05) is 6.54 Å². The fourth-order valence-corrected chi connectivity index (χ4v) is 3.01. The van der Waals surface area contributed by atoms with Crippen molar-refractivity contribution in [3.05, 3.63) is 0 Å². The van der Waals surface area contributed by atoms with Gasteiger partial charge in [-0.15, -0.1) is 0 Å². The standard InChI is InChI=1S/C8H14NOP/c1-8(2)5-3-9(11)6(4-10)7(5)8/h4-7H,3,11H2,1-2H3. The van der Waals surface area contributed by atoms with Crippen LogP contribution in [-0.4, -0.2) is 23.5 Å². The molecule has 2 aliphatic rings. The molecular weight excluding hydrogens is 157 g/mol. The van der Waals surface area contributed by atoms with Gasteiger partial charge in [0, 0.05) is 6.54 Å².